The summed E-state index contributed by atoms with van der Waals surface area (Å²) < 4.78 is 31.6. The summed E-state index contributed by atoms with van der Waals surface area (Å²) in [5.41, 5.74) is 0.904. The summed E-state index contributed by atoms with van der Waals surface area (Å²) in [7, 11) is -3.77. The summed E-state index contributed by atoms with van der Waals surface area (Å²) in [6, 6.07) is 5.67. The second-order valence-electron chi connectivity index (χ2n) is 7.76. The van der Waals surface area contributed by atoms with Crippen molar-refractivity contribution in [1.82, 2.24) is 15.4 Å². The summed E-state index contributed by atoms with van der Waals surface area (Å²) in [6.07, 6.45) is -0.259. The van der Waals surface area contributed by atoms with Crippen LogP contribution in [0, 0.1) is 0 Å². The maximum atomic E-state index is 12.3. The Balaban J connectivity index is 2.43. The van der Waals surface area contributed by atoms with Crippen LogP contribution in [0.1, 0.15) is 46.6 Å². The third kappa shape index (κ3) is 9.05. The topological polar surface area (TPSA) is 131 Å². The van der Waals surface area contributed by atoms with Gasteiger partial charge in [0.05, 0.1) is 11.3 Å². The first-order chi connectivity index (χ1) is 13.3. The summed E-state index contributed by atoms with van der Waals surface area (Å²) >= 11 is 0. The molecule has 29 heavy (non-hydrogen) atoms. The number of carbonyl (C=O) groups is 3. The second-order valence-corrected chi connectivity index (χ2v) is 9.53. The van der Waals surface area contributed by atoms with E-state index in [2.05, 4.69) is 10.0 Å². The van der Waals surface area contributed by atoms with E-state index in [9.17, 15) is 22.8 Å². The number of hydrogen-bond acceptors (Lipinski definition) is 6. The fourth-order valence-electron chi connectivity index (χ4n) is 2.18. The number of sulfonamides is 1. The predicted molar refractivity (Wildman–Crippen MR) is 108 cm³/mol. The lowest BCUT2D eigenvalue weighted by Crippen LogP contribution is -2.44. The SMILES string of the molecule is CC(C)NC(=O)NC(=O)COC(=O)CCNS(=O)(=O)c1ccc(C(C)(C)C)cc1. The molecule has 9 nitrogen and oxygen atoms in total. The Kier molecular flexibility index (Phi) is 8.78. The van der Waals surface area contributed by atoms with Gasteiger partial charge in [-0.25, -0.2) is 17.9 Å². The standard InChI is InChI=1S/C19H29N3O6S/c1-13(2)21-18(25)22-16(23)12-28-17(24)10-11-20-29(26,27)15-8-6-14(7-9-15)19(3,4)5/h6-9,13,20H,10-12H2,1-5H3,(H2,21,22,23,25). The minimum absolute atomic E-state index is 0.0920. The molecule has 0 aliphatic carbocycles. The Bertz CT molecular complexity index is 826. The number of hydrogen-bond donors (Lipinski definition) is 3. The van der Waals surface area contributed by atoms with Gasteiger partial charge in [-0.05, 0) is 37.0 Å². The highest BCUT2D eigenvalue weighted by Crippen LogP contribution is 2.23. The lowest BCUT2D eigenvalue weighted by molar-refractivity contribution is -0.148. The first kappa shape index (κ1) is 24.6. The van der Waals surface area contributed by atoms with Crippen LogP contribution in [0.15, 0.2) is 29.2 Å². The van der Waals surface area contributed by atoms with E-state index in [1.807, 2.05) is 26.1 Å². The van der Waals surface area contributed by atoms with Crippen molar-refractivity contribution in [2.24, 2.45) is 0 Å². The van der Waals surface area contributed by atoms with Crippen LogP contribution in [-0.4, -0.2) is 45.5 Å². The Hall–Kier alpha value is -2.46. The first-order valence-electron chi connectivity index (χ1n) is 9.17. The molecule has 1 aromatic rings. The lowest BCUT2D eigenvalue weighted by Gasteiger charge is -2.19. The number of imide groups is 1. The zero-order valence-electron chi connectivity index (χ0n) is 17.4. The van der Waals surface area contributed by atoms with E-state index >= 15 is 0 Å². The van der Waals surface area contributed by atoms with Gasteiger partial charge in [-0.15, -0.1) is 0 Å². The van der Waals surface area contributed by atoms with E-state index < -0.39 is 34.5 Å². The average molecular weight is 428 g/mol. The molecule has 0 aromatic heterocycles. The quantitative estimate of drug-likeness (QED) is 0.538. The van der Waals surface area contributed by atoms with Gasteiger partial charge in [0.2, 0.25) is 10.0 Å². The molecule has 0 bridgehead atoms. The third-order valence-electron chi connectivity index (χ3n) is 3.69. The molecule has 162 valence electrons. The molecular weight excluding hydrogens is 398 g/mol. The number of ether oxygens (including phenoxy) is 1. The fraction of sp³-hybridized carbons (Fsp3) is 0.526. The van der Waals surface area contributed by atoms with Crippen LogP contribution in [0.4, 0.5) is 4.79 Å². The Morgan fingerprint density at radius 2 is 1.66 bits per heavy atom. The lowest BCUT2D eigenvalue weighted by atomic mass is 9.87. The number of carbonyl (C=O) groups excluding carboxylic acids is 3. The van der Waals surface area contributed by atoms with Crippen LogP contribution in [0.2, 0.25) is 0 Å². The Morgan fingerprint density at radius 3 is 2.17 bits per heavy atom. The van der Waals surface area contributed by atoms with Gasteiger partial charge in [0.1, 0.15) is 0 Å². The zero-order chi connectivity index (χ0) is 22.2. The summed E-state index contributed by atoms with van der Waals surface area (Å²) in [5.74, 6) is -1.55. The summed E-state index contributed by atoms with van der Waals surface area (Å²) in [6.45, 7) is 8.71. The van der Waals surface area contributed by atoms with Crippen molar-refractivity contribution in [3.8, 4) is 0 Å². The molecular formula is C19H29N3O6S. The number of urea groups is 1. The van der Waals surface area contributed by atoms with Gasteiger partial charge in [-0.1, -0.05) is 32.9 Å². The van der Waals surface area contributed by atoms with E-state index in [0.29, 0.717) is 0 Å². The molecule has 1 aromatic carbocycles. The van der Waals surface area contributed by atoms with Gasteiger partial charge in [-0.3, -0.25) is 14.9 Å². The largest absolute Gasteiger partial charge is 0.456 e. The van der Waals surface area contributed by atoms with Gasteiger partial charge in [0.25, 0.3) is 5.91 Å². The van der Waals surface area contributed by atoms with Crippen molar-refractivity contribution in [1.29, 1.82) is 0 Å². The van der Waals surface area contributed by atoms with Gasteiger partial charge in [0, 0.05) is 12.6 Å². The number of nitrogens with one attached hydrogen (secondary N) is 3. The Labute approximate surface area is 171 Å². The zero-order valence-corrected chi connectivity index (χ0v) is 18.2. The van der Waals surface area contributed by atoms with Crippen molar-refractivity contribution in [3.63, 3.8) is 0 Å². The molecule has 0 heterocycles. The predicted octanol–water partition coefficient (Wildman–Crippen LogP) is 1.43. The molecule has 10 heteroatoms. The number of amides is 3. The van der Waals surface area contributed by atoms with Crippen LogP contribution in [0.5, 0.6) is 0 Å². The highest BCUT2D eigenvalue weighted by Gasteiger charge is 2.18. The number of benzene rings is 1. The van der Waals surface area contributed by atoms with Gasteiger partial charge in [-0.2, -0.15) is 0 Å². The van der Waals surface area contributed by atoms with Crippen molar-refractivity contribution in [3.05, 3.63) is 29.8 Å². The van der Waals surface area contributed by atoms with Gasteiger partial charge >= 0.3 is 12.0 Å². The van der Waals surface area contributed by atoms with E-state index in [0.717, 1.165) is 5.56 Å². The van der Waals surface area contributed by atoms with Crippen molar-refractivity contribution in [2.75, 3.05) is 13.2 Å². The van der Waals surface area contributed by atoms with E-state index in [4.69, 9.17) is 4.74 Å². The van der Waals surface area contributed by atoms with Gasteiger partial charge in [0.15, 0.2) is 6.61 Å². The minimum Gasteiger partial charge on any atom is -0.456 e. The summed E-state index contributed by atoms with van der Waals surface area (Å²) in [4.78, 5) is 34.6. The molecule has 0 atom stereocenters. The molecule has 0 aliphatic rings. The van der Waals surface area contributed by atoms with Crippen LogP contribution >= 0.6 is 0 Å². The van der Waals surface area contributed by atoms with Crippen molar-refractivity contribution >= 4 is 27.9 Å². The minimum atomic E-state index is -3.77. The molecule has 0 saturated heterocycles. The highest BCUT2D eigenvalue weighted by atomic mass is 32.2. The van der Waals surface area contributed by atoms with Crippen LogP contribution in [-0.2, 0) is 29.8 Å². The fourth-order valence-corrected chi connectivity index (χ4v) is 3.22. The molecule has 0 aliphatic heterocycles. The van der Waals surface area contributed by atoms with Crippen LogP contribution < -0.4 is 15.4 Å². The third-order valence-corrected chi connectivity index (χ3v) is 5.17. The van der Waals surface area contributed by atoms with Crippen LogP contribution in [0.25, 0.3) is 0 Å². The molecule has 3 N–H and O–H groups in total. The monoisotopic (exact) mass is 427 g/mol. The molecule has 0 spiro atoms. The smallest absolute Gasteiger partial charge is 0.321 e. The maximum absolute atomic E-state index is 12.3. The molecule has 0 saturated carbocycles. The highest BCUT2D eigenvalue weighted by molar-refractivity contribution is 7.89. The number of rotatable bonds is 8. The first-order valence-corrected chi connectivity index (χ1v) is 10.7. The van der Waals surface area contributed by atoms with Gasteiger partial charge < -0.3 is 10.1 Å². The van der Waals surface area contributed by atoms with E-state index in [-0.39, 0.29) is 29.3 Å². The summed E-state index contributed by atoms with van der Waals surface area (Å²) in [5, 5.41) is 4.46. The molecule has 0 fully saturated rings. The van der Waals surface area contributed by atoms with Crippen molar-refractivity contribution in [2.45, 2.75) is 57.4 Å². The second kappa shape index (κ2) is 10.4. The molecule has 3 amide bonds. The van der Waals surface area contributed by atoms with Crippen molar-refractivity contribution < 1.29 is 27.5 Å². The van der Waals surface area contributed by atoms with E-state index in [1.54, 1.807) is 26.0 Å². The normalized spacial score (nSPS) is 11.8. The molecule has 0 radical (unpaired) electrons. The maximum Gasteiger partial charge on any atom is 0.321 e. The average Bonchev–Trinajstić information content (AvgIpc) is 2.58. The van der Waals surface area contributed by atoms with E-state index in [1.165, 1.54) is 12.1 Å². The molecule has 1 rings (SSSR count). The number of esters is 1. The Morgan fingerprint density at radius 1 is 1.07 bits per heavy atom. The van der Waals surface area contributed by atoms with Crippen LogP contribution in [0.3, 0.4) is 0 Å². The molecule has 0 unspecified atom stereocenters.